The molecule has 2 aromatic rings. The summed E-state index contributed by atoms with van der Waals surface area (Å²) < 4.78 is 16.4. The highest BCUT2D eigenvalue weighted by molar-refractivity contribution is 7.07. The highest BCUT2D eigenvalue weighted by Gasteiger charge is 2.21. The van der Waals surface area contributed by atoms with Crippen molar-refractivity contribution in [2.24, 2.45) is 4.99 Å². The Balaban J connectivity index is 1.57. The Labute approximate surface area is 189 Å². The van der Waals surface area contributed by atoms with Crippen LogP contribution in [0.2, 0.25) is 0 Å². The maximum atomic E-state index is 5.49. The van der Waals surface area contributed by atoms with E-state index >= 15 is 0 Å². The van der Waals surface area contributed by atoms with Crippen molar-refractivity contribution in [1.82, 2.24) is 15.1 Å². The van der Waals surface area contributed by atoms with E-state index in [1.54, 1.807) is 32.7 Å². The first-order chi connectivity index (χ1) is 15.2. The number of nitrogens with zero attached hydrogens (tertiary/aromatic N) is 3. The maximum Gasteiger partial charge on any atom is 0.203 e. The van der Waals surface area contributed by atoms with Gasteiger partial charge in [0.25, 0.3) is 0 Å². The number of nitrogens with one attached hydrogen (secondary N) is 1. The zero-order valence-electron chi connectivity index (χ0n) is 19.0. The van der Waals surface area contributed by atoms with Crippen LogP contribution in [0.4, 0.5) is 0 Å². The minimum absolute atomic E-state index is 0.632. The predicted octanol–water partition coefficient (Wildman–Crippen LogP) is 3.10. The molecule has 7 nitrogen and oxygen atoms in total. The molecular weight excluding hydrogens is 412 g/mol. The van der Waals surface area contributed by atoms with Crippen molar-refractivity contribution in [2.75, 3.05) is 60.6 Å². The molecule has 0 atom stereocenters. The van der Waals surface area contributed by atoms with Crippen LogP contribution in [0.1, 0.15) is 18.1 Å². The van der Waals surface area contributed by atoms with Crippen molar-refractivity contribution in [3.8, 4) is 17.2 Å². The monoisotopic (exact) mass is 446 g/mol. The van der Waals surface area contributed by atoms with Gasteiger partial charge in [0.05, 0.1) is 21.3 Å². The normalized spacial score (nSPS) is 15.1. The predicted molar refractivity (Wildman–Crippen MR) is 127 cm³/mol. The van der Waals surface area contributed by atoms with Crippen molar-refractivity contribution in [1.29, 1.82) is 0 Å². The molecule has 1 aromatic heterocycles. The summed E-state index contributed by atoms with van der Waals surface area (Å²) in [6.07, 6.45) is 0.986. The second-order valence-electron chi connectivity index (χ2n) is 7.41. The van der Waals surface area contributed by atoms with E-state index in [1.165, 1.54) is 5.56 Å². The molecule has 3 rings (SSSR count). The summed E-state index contributed by atoms with van der Waals surface area (Å²) in [6, 6.07) is 6.24. The largest absolute Gasteiger partial charge is 0.493 e. The third-order valence-electron chi connectivity index (χ3n) is 5.38. The van der Waals surface area contributed by atoms with E-state index in [0.717, 1.165) is 63.8 Å². The molecule has 1 aliphatic rings. The Hall–Kier alpha value is -2.45. The van der Waals surface area contributed by atoms with Crippen LogP contribution in [0.5, 0.6) is 17.2 Å². The number of ether oxygens (including phenoxy) is 3. The van der Waals surface area contributed by atoms with Crippen LogP contribution >= 0.6 is 11.3 Å². The molecule has 170 valence electrons. The van der Waals surface area contributed by atoms with E-state index in [0.29, 0.717) is 17.2 Å². The number of guanidine groups is 1. The van der Waals surface area contributed by atoms with Gasteiger partial charge in [0, 0.05) is 45.8 Å². The van der Waals surface area contributed by atoms with Gasteiger partial charge in [-0.25, -0.2) is 0 Å². The molecule has 0 spiro atoms. The highest BCUT2D eigenvalue weighted by atomic mass is 32.1. The first-order valence-electron chi connectivity index (χ1n) is 10.7. The van der Waals surface area contributed by atoms with Gasteiger partial charge in [-0.3, -0.25) is 9.89 Å². The lowest BCUT2D eigenvalue weighted by Crippen LogP contribution is -2.52. The van der Waals surface area contributed by atoms with Crippen molar-refractivity contribution in [3.63, 3.8) is 0 Å². The van der Waals surface area contributed by atoms with Gasteiger partial charge in [0.1, 0.15) is 0 Å². The standard InChI is InChI=1S/C23H34N4O3S/c1-5-24-23(25-8-6-18-7-13-31-17-18)27-11-9-26(10-12-27)16-19-14-20(28-2)22(30-4)21(15-19)29-3/h7,13-15,17H,5-6,8-12,16H2,1-4H3,(H,24,25). The average Bonchev–Trinajstić information content (AvgIpc) is 3.32. The second-order valence-corrected chi connectivity index (χ2v) is 8.19. The Morgan fingerprint density at radius 3 is 2.29 bits per heavy atom. The Morgan fingerprint density at radius 1 is 1.03 bits per heavy atom. The van der Waals surface area contributed by atoms with E-state index in [1.807, 2.05) is 12.1 Å². The molecule has 0 unspecified atom stereocenters. The summed E-state index contributed by atoms with van der Waals surface area (Å²) in [5.74, 6) is 3.04. The van der Waals surface area contributed by atoms with Gasteiger partial charge in [-0.05, 0) is 53.4 Å². The quantitative estimate of drug-likeness (QED) is 0.472. The number of methoxy groups -OCH3 is 3. The molecule has 1 fully saturated rings. The fourth-order valence-corrected chi connectivity index (χ4v) is 4.46. The Morgan fingerprint density at radius 2 is 1.74 bits per heavy atom. The summed E-state index contributed by atoms with van der Waals surface area (Å²) in [4.78, 5) is 9.67. The van der Waals surface area contributed by atoms with Gasteiger partial charge in [-0.15, -0.1) is 0 Å². The minimum atomic E-state index is 0.632. The SMILES string of the molecule is CCNC(=NCCc1ccsc1)N1CCN(Cc2cc(OC)c(OC)c(OC)c2)CC1. The van der Waals surface area contributed by atoms with Gasteiger partial charge >= 0.3 is 0 Å². The molecule has 8 heteroatoms. The van der Waals surface area contributed by atoms with E-state index in [-0.39, 0.29) is 0 Å². The van der Waals surface area contributed by atoms with Crippen LogP contribution in [0.15, 0.2) is 34.0 Å². The molecule has 1 aromatic carbocycles. The van der Waals surface area contributed by atoms with Crippen molar-refractivity contribution in [3.05, 3.63) is 40.1 Å². The van der Waals surface area contributed by atoms with E-state index in [2.05, 4.69) is 38.9 Å². The van der Waals surface area contributed by atoms with Crippen LogP contribution in [-0.2, 0) is 13.0 Å². The number of benzene rings is 1. The third kappa shape index (κ3) is 6.27. The molecule has 0 amide bonds. The van der Waals surface area contributed by atoms with E-state index in [9.17, 15) is 0 Å². The van der Waals surface area contributed by atoms with Crippen molar-refractivity contribution in [2.45, 2.75) is 19.9 Å². The molecular formula is C23H34N4O3S. The number of piperazine rings is 1. The first-order valence-corrected chi connectivity index (χ1v) is 11.7. The van der Waals surface area contributed by atoms with Crippen LogP contribution in [0, 0.1) is 0 Å². The number of thiophene rings is 1. The van der Waals surface area contributed by atoms with Gasteiger partial charge in [0.2, 0.25) is 5.75 Å². The maximum absolute atomic E-state index is 5.49. The lowest BCUT2D eigenvalue weighted by molar-refractivity contribution is 0.172. The Bertz CT molecular complexity index is 808. The summed E-state index contributed by atoms with van der Waals surface area (Å²) in [6.45, 7) is 8.51. The van der Waals surface area contributed by atoms with Gasteiger partial charge in [-0.2, -0.15) is 11.3 Å². The molecule has 0 saturated carbocycles. The van der Waals surface area contributed by atoms with E-state index in [4.69, 9.17) is 19.2 Å². The zero-order chi connectivity index (χ0) is 22.1. The summed E-state index contributed by atoms with van der Waals surface area (Å²) >= 11 is 1.74. The fourth-order valence-electron chi connectivity index (χ4n) is 3.75. The first kappa shape index (κ1) is 23.2. The van der Waals surface area contributed by atoms with Crippen LogP contribution in [0.3, 0.4) is 0 Å². The van der Waals surface area contributed by atoms with Crippen molar-refractivity contribution >= 4 is 17.3 Å². The molecule has 1 saturated heterocycles. The lowest BCUT2D eigenvalue weighted by Gasteiger charge is -2.36. The van der Waals surface area contributed by atoms with Gasteiger partial charge in [-0.1, -0.05) is 0 Å². The molecule has 0 radical (unpaired) electrons. The Kier molecular flexibility index (Phi) is 8.85. The molecule has 0 aliphatic carbocycles. The number of aliphatic imine (C=N–C) groups is 1. The van der Waals surface area contributed by atoms with Crippen LogP contribution in [-0.4, -0.2) is 76.4 Å². The number of hydrogen-bond acceptors (Lipinski definition) is 6. The molecule has 31 heavy (non-hydrogen) atoms. The number of rotatable bonds is 9. The topological polar surface area (TPSA) is 58.6 Å². The number of hydrogen-bond donors (Lipinski definition) is 1. The lowest BCUT2D eigenvalue weighted by atomic mass is 10.1. The average molecular weight is 447 g/mol. The zero-order valence-corrected chi connectivity index (χ0v) is 19.8. The van der Waals surface area contributed by atoms with Gasteiger partial charge < -0.3 is 24.4 Å². The molecule has 0 bridgehead atoms. The molecule has 2 heterocycles. The smallest absolute Gasteiger partial charge is 0.203 e. The second kappa shape index (κ2) is 11.8. The third-order valence-corrected chi connectivity index (χ3v) is 6.11. The summed E-state index contributed by atoms with van der Waals surface area (Å²) in [5, 5.41) is 7.77. The molecule has 1 N–H and O–H groups in total. The highest BCUT2D eigenvalue weighted by Crippen LogP contribution is 2.38. The van der Waals surface area contributed by atoms with E-state index < -0.39 is 0 Å². The summed E-state index contributed by atoms with van der Waals surface area (Å²) in [7, 11) is 4.93. The molecule has 1 aliphatic heterocycles. The van der Waals surface area contributed by atoms with Crippen LogP contribution < -0.4 is 19.5 Å². The van der Waals surface area contributed by atoms with Gasteiger partial charge in [0.15, 0.2) is 17.5 Å². The minimum Gasteiger partial charge on any atom is -0.493 e. The van der Waals surface area contributed by atoms with Crippen LogP contribution in [0.25, 0.3) is 0 Å². The fraction of sp³-hybridized carbons (Fsp3) is 0.522. The van der Waals surface area contributed by atoms with Crippen molar-refractivity contribution < 1.29 is 14.2 Å². The summed E-state index contributed by atoms with van der Waals surface area (Å²) in [5.41, 5.74) is 2.51.